The summed E-state index contributed by atoms with van der Waals surface area (Å²) in [7, 11) is 0. The zero-order valence-electron chi connectivity index (χ0n) is 10.1. The Hall–Kier alpha value is -1.10. The molecule has 1 aromatic rings. The Morgan fingerprint density at radius 3 is 2.83 bits per heavy atom. The Labute approximate surface area is 105 Å². The summed E-state index contributed by atoms with van der Waals surface area (Å²) in [6, 6.07) is 3.71. The zero-order chi connectivity index (χ0) is 13.0. The van der Waals surface area contributed by atoms with E-state index in [0.29, 0.717) is 13.0 Å². The lowest BCUT2D eigenvalue weighted by molar-refractivity contribution is -0.183. The van der Waals surface area contributed by atoms with Crippen molar-refractivity contribution in [1.82, 2.24) is 10.3 Å². The van der Waals surface area contributed by atoms with Crippen LogP contribution in [0.5, 0.6) is 0 Å². The molecule has 0 spiro atoms. The molecule has 1 N–H and O–H groups in total. The molecule has 1 aliphatic rings. The van der Waals surface area contributed by atoms with Gasteiger partial charge in [0, 0.05) is 25.0 Å². The highest BCUT2D eigenvalue weighted by Gasteiger charge is 2.41. The topological polar surface area (TPSA) is 24.9 Å². The summed E-state index contributed by atoms with van der Waals surface area (Å²) in [5.74, 6) is -1.14. The predicted molar refractivity (Wildman–Crippen MR) is 62.9 cm³/mol. The van der Waals surface area contributed by atoms with E-state index < -0.39 is 12.1 Å². The first-order chi connectivity index (χ1) is 8.55. The standard InChI is InChI=1S/C13H17F3N2/c14-13(15,16)11-4-1-5-12(7-11)18-9-10-3-2-6-17-8-10/h2-3,6,8,11-12,18H,1,4-5,7,9H2. The van der Waals surface area contributed by atoms with Crippen molar-refractivity contribution in [3.05, 3.63) is 30.1 Å². The quantitative estimate of drug-likeness (QED) is 0.899. The molecule has 2 rings (SSSR count). The van der Waals surface area contributed by atoms with Crippen LogP contribution < -0.4 is 5.32 Å². The molecule has 0 saturated heterocycles. The van der Waals surface area contributed by atoms with Gasteiger partial charge in [0.1, 0.15) is 0 Å². The second kappa shape index (κ2) is 5.69. The van der Waals surface area contributed by atoms with Crippen molar-refractivity contribution in [2.24, 2.45) is 5.92 Å². The number of hydrogen-bond acceptors (Lipinski definition) is 2. The Bertz CT molecular complexity index is 364. The summed E-state index contributed by atoms with van der Waals surface area (Å²) in [5, 5.41) is 3.20. The molecule has 1 heterocycles. The van der Waals surface area contributed by atoms with E-state index in [1.165, 1.54) is 0 Å². The number of rotatable bonds is 3. The Morgan fingerprint density at radius 2 is 2.17 bits per heavy atom. The van der Waals surface area contributed by atoms with Gasteiger partial charge in [-0.3, -0.25) is 4.98 Å². The third-order valence-electron chi connectivity index (χ3n) is 3.45. The van der Waals surface area contributed by atoms with Gasteiger partial charge < -0.3 is 5.32 Å². The molecule has 0 bridgehead atoms. The van der Waals surface area contributed by atoms with Crippen LogP contribution in [0.25, 0.3) is 0 Å². The molecule has 2 nitrogen and oxygen atoms in total. The normalized spacial score (nSPS) is 25.1. The average molecular weight is 258 g/mol. The number of alkyl halides is 3. The van der Waals surface area contributed by atoms with Crippen LogP contribution in [0.15, 0.2) is 24.5 Å². The molecule has 18 heavy (non-hydrogen) atoms. The van der Waals surface area contributed by atoms with Gasteiger partial charge in [-0.15, -0.1) is 0 Å². The molecule has 2 unspecified atom stereocenters. The number of aromatic nitrogens is 1. The van der Waals surface area contributed by atoms with E-state index in [0.717, 1.165) is 12.0 Å². The van der Waals surface area contributed by atoms with Gasteiger partial charge in [-0.2, -0.15) is 13.2 Å². The van der Waals surface area contributed by atoms with Crippen LogP contribution in [-0.2, 0) is 6.54 Å². The fourth-order valence-electron chi connectivity index (χ4n) is 2.44. The van der Waals surface area contributed by atoms with Crippen molar-refractivity contribution < 1.29 is 13.2 Å². The maximum absolute atomic E-state index is 12.6. The van der Waals surface area contributed by atoms with Crippen molar-refractivity contribution in [2.75, 3.05) is 0 Å². The van der Waals surface area contributed by atoms with Gasteiger partial charge in [0.05, 0.1) is 5.92 Å². The fourth-order valence-corrected chi connectivity index (χ4v) is 2.44. The highest BCUT2D eigenvalue weighted by molar-refractivity contribution is 5.08. The van der Waals surface area contributed by atoms with Gasteiger partial charge in [-0.05, 0) is 30.9 Å². The highest BCUT2D eigenvalue weighted by Crippen LogP contribution is 2.37. The van der Waals surface area contributed by atoms with E-state index in [1.807, 2.05) is 12.1 Å². The highest BCUT2D eigenvalue weighted by atomic mass is 19.4. The van der Waals surface area contributed by atoms with Crippen LogP contribution in [0, 0.1) is 5.92 Å². The predicted octanol–water partition coefficient (Wildman–Crippen LogP) is 3.29. The molecule has 1 aromatic heterocycles. The number of nitrogens with one attached hydrogen (secondary N) is 1. The smallest absolute Gasteiger partial charge is 0.310 e. The SMILES string of the molecule is FC(F)(F)C1CCCC(NCc2cccnc2)C1. The van der Waals surface area contributed by atoms with Crippen molar-refractivity contribution >= 4 is 0 Å². The van der Waals surface area contributed by atoms with Crippen molar-refractivity contribution in [1.29, 1.82) is 0 Å². The molecule has 0 radical (unpaired) electrons. The summed E-state index contributed by atoms with van der Waals surface area (Å²) in [4.78, 5) is 3.98. The van der Waals surface area contributed by atoms with Crippen LogP contribution in [0.1, 0.15) is 31.2 Å². The Kier molecular flexibility index (Phi) is 4.22. The summed E-state index contributed by atoms with van der Waals surface area (Å²) in [5.41, 5.74) is 1.01. The second-order valence-electron chi connectivity index (χ2n) is 4.84. The first-order valence-corrected chi connectivity index (χ1v) is 6.24. The minimum Gasteiger partial charge on any atom is -0.310 e. The maximum Gasteiger partial charge on any atom is 0.391 e. The first kappa shape index (κ1) is 13.3. The Morgan fingerprint density at radius 1 is 1.33 bits per heavy atom. The third-order valence-corrected chi connectivity index (χ3v) is 3.45. The molecule has 5 heteroatoms. The number of halogens is 3. The molecule has 0 aliphatic heterocycles. The van der Waals surface area contributed by atoms with E-state index in [1.54, 1.807) is 12.4 Å². The van der Waals surface area contributed by atoms with Crippen LogP contribution in [-0.4, -0.2) is 17.2 Å². The molecule has 100 valence electrons. The zero-order valence-corrected chi connectivity index (χ0v) is 10.1. The minimum absolute atomic E-state index is 0.0365. The average Bonchev–Trinajstić information content (AvgIpc) is 2.37. The van der Waals surface area contributed by atoms with Crippen LogP contribution in [0.3, 0.4) is 0 Å². The van der Waals surface area contributed by atoms with E-state index in [4.69, 9.17) is 0 Å². The lowest BCUT2D eigenvalue weighted by Gasteiger charge is -2.31. The van der Waals surface area contributed by atoms with E-state index in [9.17, 15) is 13.2 Å². The molecule has 2 atom stereocenters. The summed E-state index contributed by atoms with van der Waals surface area (Å²) < 4.78 is 37.9. The van der Waals surface area contributed by atoms with Gasteiger partial charge in [0.2, 0.25) is 0 Å². The van der Waals surface area contributed by atoms with Crippen LogP contribution in [0.4, 0.5) is 13.2 Å². The Balaban J connectivity index is 1.83. The second-order valence-corrected chi connectivity index (χ2v) is 4.84. The minimum atomic E-state index is -4.05. The van der Waals surface area contributed by atoms with E-state index >= 15 is 0 Å². The third kappa shape index (κ3) is 3.70. The summed E-state index contributed by atoms with van der Waals surface area (Å²) in [6.45, 7) is 0.586. The fraction of sp³-hybridized carbons (Fsp3) is 0.615. The van der Waals surface area contributed by atoms with Crippen molar-refractivity contribution in [3.8, 4) is 0 Å². The molecular formula is C13H17F3N2. The van der Waals surface area contributed by atoms with Gasteiger partial charge in [0.15, 0.2) is 0 Å². The number of pyridine rings is 1. The molecule has 0 aromatic carbocycles. The van der Waals surface area contributed by atoms with Gasteiger partial charge >= 0.3 is 6.18 Å². The lowest BCUT2D eigenvalue weighted by Crippen LogP contribution is -2.38. The number of hydrogen-bond donors (Lipinski definition) is 1. The molecule has 1 saturated carbocycles. The summed E-state index contributed by atoms with van der Waals surface area (Å²) in [6.07, 6.45) is 1.32. The lowest BCUT2D eigenvalue weighted by atomic mass is 9.85. The van der Waals surface area contributed by atoms with E-state index in [-0.39, 0.29) is 18.9 Å². The van der Waals surface area contributed by atoms with Gasteiger partial charge in [-0.25, -0.2) is 0 Å². The molecule has 1 aliphatic carbocycles. The molecule has 1 fully saturated rings. The van der Waals surface area contributed by atoms with Gasteiger partial charge in [-0.1, -0.05) is 12.5 Å². The summed E-state index contributed by atoms with van der Waals surface area (Å²) >= 11 is 0. The van der Waals surface area contributed by atoms with Gasteiger partial charge in [0.25, 0.3) is 0 Å². The van der Waals surface area contributed by atoms with E-state index in [2.05, 4.69) is 10.3 Å². The molecule has 0 amide bonds. The maximum atomic E-state index is 12.6. The van der Waals surface area contributed by atoms with Crippen LogP contribution in [0.2, 0.25) is 0 Å². The first-order valence-electron chi connectivity index (χ1n) is 6.24. The largest absolute Gasteiger partial charge is 0.391 e. The monoisotopic (exact) mass is 258 g/mol. The van der Waals surface area contributed by atoms with Crippen molar-refractivity contribution in [2.45, 2.75) is 44.4 Å². The van der Waals surface area contributed by atoms with Crippen molar-refractivity contribution in [3.63, 3.8) is 0 Å². The van der Waals surface area contributed by atoms with Crippen LogP contribution >= 0.6 is 0 Å². The number of nitrogens with zero attached hydrogens (tertiary/aromatic N) is 1. The molecular weight excluding hydrogens is 241 g/mol.